The minimum Gasteiger partial charge on any atom is -0.497 e. The highest BCUT2D eigenvalue weighted by Crippen LogP contribution is 2.30. The molecule has 0 bridgehead atoms. The maximum atomic E-state index is 12.8. The third-order valence-corrected chi connectivity index (χ3v) is 5.07. The lowest BCUT2D eigenvalue weighted by Crippen LogP contribution is -2.43. The molecule has 0 saturated heterocycles. The van der Waals surface area contributed by atoms with Gasteiger partial charge < -0.3 is 15.4 Å². The van der Waals surface area contributed by atoms with Crippen LogP contribution in [0, 0.1) is 0 Å². The van der Waals surface area contributed by atoms with Gasteiger partial charge in [-0.05, 0) is 49.4 Å². The van der Waals surface area contributed by atoms with Crippen molar-refractivity contribution in [3.05, 3.63) is 54.1 Å². The Morgan fingerprint density at radius 2 is 1.78 bits per heavy atom. The second-order valence-corrected chi connectivity index (χ2v) is 7.51. The number of carbonyl (C=O) groups is 2. The molecule has 32 heavy (non-hydrogen) atoms. The molecule has 0 unspecified atom stereocenters. The molecular weight excluding hydrogens is 447 g/mol. The van der Waals surface area contributed by atoms with Crippen LogP contribution in [-0.4, -0.2) is 35.3 Å². The van der Waals surface area contributed by atoms with Crippen molar-refractivity contribution in [2.24, 2.45) is 0 Å². The van der Waals surface area contributed by atoms with Gasteiger partial charge in [-0.3, -0.25) is 10.1 Å². The first kappa shape index (κ1) is 23.0. The van der Waals surface area contributed by atoms with Crippen LogP contribution in [0.4, 0.5) is 28.8 Å². The number of amides is 3. The Kier molecular flexibility index (Phi) is 6.93. The predicted octanol–water partition coefficient (Wildman–Crippen LogP) is 4.38. The van der Waals surface area contributed by atoms with Gasteiger partial charge in [-0.2, -0.15) is 13.2 Å². The summed E-state index contributed by atoms with van der Waals surface area (Å²) in [5, 5.41) is 15.9. The number of hydrogen-bond donors (Lipinski definition) is 3. The Labute approximate surface area is 184 Å². The molecule has 0 aliphatic heterocycles. The van der Waals surface area contributed by atoms with Crippen LogP contribution in [0.3, 0.4) is 0 Å². The number of aromatic nitrogens is 2. The van der Waals surface area contributed by atoms with E-state index in [-0.39, 0.29) is 10.8 Å². The first-order valence-corrected chi connectivity index (χ1v) is 10.0. The van der Waals surface area contributed by atoms with E-state index in [4.69, 9.17) is 4.74 Å². The summed E-state index contributed by atoms with van der Waals surface area (Å²) in [6, 6.07) is 9.48. The number of carbonyl (C=O) groups excluding carboxylic acids is 2. The summed E-state index contributed by atoms with van der Waals surface area (Å²) >= 11 is 1.14. The molecule has 0 spiro atoms. The fraction of sp³-hybridized carbons (Fsp3) is 0.200. The van der Waals surface area contributed by atoms with Crippen LogP contribution in [-0.2, 0) is 11.0 Å². The average Bonchev–Trinajstić information content (AvgIpc) is 3.21. The zero-order valence-electron chi connectivity index (χ0n) is 16.9. The van der Waals surface area contributed by atoms with Crippen LogP contribution >= 0.6 is 11.3 Å². The van der Waals surface area contributed by atoms with Crippen molar-refractivity contribution >= 4 is 34.1 Å². The highest BCUT2D eigenvalue weighted by atomic mass is 32.1. The number of nitrogens with zero attached hydrogens (tertiary/aromatic N) is 2. The number of nitrogens with one attached hydrogen (secondary N) is 3. The number of anilines is 2. The topological polar surface area (TPSA) is 105 Å². The summed E-state index contributed by atoms with van der Waals surface area (Å²) in [5.74, 6) is 0.122. The largest absolute Gasteiger partial charge is 0.497 e. The van der Waals surface area contributed by atoms with E-state index in [1.807, 2.05) is 0 Å². The monoisotopic (exact) mass is 465 g/mol. The molecule has 12 heteroatoms. The van der Waals surface area contributed by atoms with Crippen LogP contribution in [0.5, 0.6) is 5.75 Å². The van der Waals surface area contributed by atoms with Gasteiger partial charge in [0, 0.05) is 11.3 Å². The van der Waals surface area contributed by atoms with Gasteiger partial charge in [-0.1, -0.05) is 17.4 Å². The Balaban J connectivity index is 1.56. The number of halogens is 3. The van der Waals surface area contributed by atoms with Crippen molar-refractivity contribution in [1.29, 1.82) is 0 Å². The minimum absolute atomic E-state index is 0.0572. The maximum Gasteiger partial charge on any atom is 0.416 e. The standard InChI is InChI=1S/C20H18F3N5O3S/c1-11(24-18(30)25-14-5-3-4-13(10-14)20(21,22)23)16(29)26-19-28-27-17(32-19)12-6-8-15(31-2)9-7-12/h3-11H,1-2H3,(H2,24,25,30)(H,26,28,29)/t11-/m1/s1. The van der Waals surface area contributed by atoms with Gasteiger partial charge in [-0.15, -0.1) is 10.2 Å². The molecule has 1 heterocycles. The molecule has 3 aromatic rings. The summed E-state index contributed by atoms with van der Waals surface area (Å²) in [4.78, 5) is 24.4. The highest BCUT2D eigenvalue weighted by molar-refractivity contribution is 7.18. The van der Waals surface area contributed by atoms with Crippen LogP contribution in [0.1, 0.15) is 12.5 Å². The minimum atomic E-state index is -4.53. The Bertz CT molecular complexity index is 1100. The van der Waals surface area contributed by atoms with Gasteiger partial charge in [0.05, 0.1) is 12.7 Å². The van der Waals surface area contributed by atoms with Gasteiger partial charge in [0.15, 0.2) is 0 Å². The van der Waals surface area contributed by atoms with E-state index >= 15 is 0 Å². The number of ether oxygens (including phenoxy) is 1. The molecule has 0 fully saturated rings. The molecule has 0 radical (unpaired) electrons. The molecule has 1 atom stereocenters. The Morgan fingerprint density at radius 3 is 2.44 bits per heavy atom. The molecule has 3 rings (SSSR count). The number of hydrogen-bond acceptors (Lipinski definition) is 6. The number of rotatable bonds is 6. The Hall–Kier alpha value is -3.67. The fourth-order valence-electron chi connectivity index (χ4n) is 2.54. The average molecular weight is 465 g/mol. The van der Waals surface area contributed by atoms with E-state index in [1.165, 1.54) is 19.1 Å². The van der Waals surface area contributed by atoms with Crippen LogP contribution in [0.2, 0.25) is 0 Å². The van der Waals surface area contributed by atoms with Crippen LogP contribution in [0.25, 0.3) is 10.6 Å². The fourth-order valence-corrected chi connectivity index (χ4v) is 3.29. The van der Waals surface area contributed by atoms with Gasteiger partial charge >= 0.3 is 12.2 Å². The molecule has 0 aliphatic rings. The van der Waals surface area contributed by atoms with E-state index in [9.17, 15) is 22.8 Å². The summed E-state index contributed by atoms with van der Waals surface area (Å²) < 4.78 is 43.4. The van der Waals surface area contributed by atoms with Crippen molar-refractivity contribution in [2.75, 3.05) is 17.7 Å². The molecule has 2 aromatic carbocycles. The summed E-state index contributed by atoms with van der Waals surface area (Å²) in [6.45, 7) is 1.42. The van der Waals surface area contributed by atoms with Gasteiger partial charge in [0.25, 0.3) is 0 Å². The quantitative estimate of drug-likeness (QED) is 0.501. The van der Waals surface area contributed by atoms with Crippen LogP contribution in [0.15, 0.2) is 48.5 Å². The first-order chi connectivity index (χ1) is 15.2. The second kappa shape index (κ2) is 9.64. The predicted molar refractivity (Wildman–Crippen MR) is 114 cm³/mol. The zero-order valence-corrected chi connectivity index (χ0v) is 17.7. The third kappa shape index (κ3) is 5.94. The van der Waals surface area contributed by atoms with Crippen molar-refractivity contribution in [3.63, 3.8) is 0 Å². The molecule has 0 aliphatic carbocycles. The SMILES string of the molecule is COc1ccc(-c2nnc(NC(=O)[C@@H](C)NC(=O)Nc3cccc(C(F)(F)F)c3)s2)cc1. The van der Waals surface area contributed by atoms with Crippen molar-refractivity contribution in [1.82, 2.24) is 15.5 Å². The molecule has 1 aromatic heterocycles. The molecule has 3 N–H and O–H groups in total. The summed E-state index contributed by atoms with van der Waals surface area (Å²) in [6.07, 6.45) is -4.53. The van der Waals surface area contributed by atoms with Gasteiger partial charge in [0.1, 0.15) is 16.8 Å². The molecule has 8 nitrogen and oxygen atoms in total. The van der Waals surface area contributed by atoms with E-state index in [0.717, 1.165) is 29.0 Å². The summed E-state index contributed by atoms with van der Waals surface area (Å²) in [7, 11) is 1.56. The lowest BCUT2D eigenvalue weighted by Gasteiger charge is -2.14. The van der Waals surface area contributed by atoms with Crippen molar-refractivity contribution < 1.29 is 27.5 Å². The molecule has 3 amide bonds. The lowest BCUT2D eigenvalue weighted by atomic mass is 10.2. The first-order valence-electron chi connectivity index (χ1n) is 9.19. The number of methoxy groups -OCH3 is 1. The molecule has 0 saturated carbocycles. The van der Waals surface area contributed by atoms with E-state index in [1.54, 1.807) is 31.4 Å². The van der Waals surface area contributed by atoms with Gasteiger partial charge in [0.2, 0.25) is 11.0 Å². The highest BCUT2D eigenvalue weighted by Gasteiger charge is 2.30. The smallest absolute Gasteiger partial charge is 0.416 e. The second-order valence-electron chi connectivity index (χ2n) is 6.53. The molecule has 168 valence electrons. The molecular formula is C20H18F3N5O3S. The number of benzene rings is 2. The number of urea groups is 1. The van der Waals surface area contributed by atoms with Crippen molar-refractivity contribution in [3.8, 4) is 16.3 Å². The normalized spacial score (nSPS) is 12.0. The number of alkyl halides is 3. The summed E-state index contributed by atoms with van der Waals surface area (Å²) in [5.41, 5.74) is -0.168. The Morgan fingerprint density at radius 1 is 1.06 bits per heavy atom. The van der Waals surface area contributed by atoms with Crippen LogP contribution < -0.4 is 20.7 Å². The van der Waals surface area contributed by atoms with Crippen molar-refractivity contribution in [2.45, 2.75) is 19.1 Å². The van der Waals surface area contributed by atoms with E-state index in [2.05, 4.69) is 26.1 Å². The lowest BCUT2D eigenvalue weighted by molar-refractivity contribution is -0.137. The maximum absolute atomic E-state index is 12.8. The third-order valence-electron chi connectivity index (χ3n) is 4.18. The van der Waals surface area contributed by atoms with Gasteiger partial charge in [-0.25, -0.2) is 4.79 Å². The van der Waals surface area contributed by atoms with E-state index < -0.39 is 29.7 Å². The zero-order chi connectivity index (χ0) is 23.3. The van der Waals surface area contributed by atoms with E-state index in [0.29, 0.717) is 10.8 Å².